The van der Waals surface area contributed by atoms with Gasteiger partial charge in [-0.2, -0.15) is 0 Å². The summed E-state index contributed by atoms with van der Waals surface area (Å²) in [6.45, 7) is 0.762. The molecule has 88 valence electrons. The van der Waals surface area contributed by atoms with Crippen molar-refractivity contribution >= 4 is 6.08 Å². The third-order valence-electron chi connectivity index (χ3n) is 2.13. The molecular weight excluding hydrogens is 209 g/mol. The highest BCUT2D eigenvalue weighted by molar-refractivity contribution is 5.54. The second kappa shape index (κ2) is 6.25. The molecule has 0 aromatic heterocycles. The average molecular weight is 225 g/mol. The normalized spacial score (nSPS) is 11.0. The van der Waals surface area contributed by atoms with Gasteiger partial charge in [-0.1, -0.05) is 12.2 Å². The van der Waals surface area contributed by atoms with E-state index >= 15 is 0 Å². The fraction of sp³-hybridized carbons (Fsp3) is 0.333. The standard InChI is InChI=1S/C12H16FNO2/c1-15-8-10-6-9(4-3-5-14)11(13)7-12(10)16-2/h3-4,6-7H,5,8,14H2,1-2H3/b4-3+. The van der Waals surface area contributed by atoms with E-state index in [2.05, 4.69) is 0 Å². The summed E-state index contributed by atoms with van der Waals surface area (Å²) in [5.41, 5.74) is 6.61. The second-order valence-electron chi connectivity index (χ2n) is 3.26. The van der Waals surface area contributed by atoms with E-state index in [1.165, 1.54) is 13.2 Å². The Balaban J connectivity index is 3.11. The van der Waals surface area contributed by atoms with Crippen molar-refractivity contribution in [2.45, 2.75) is 6.61 Å². The third kappa shape index (κ3) is 3.05. The van der Waals surface area contributed by atoms with E-state index in [9.17, 15) is 4.39 Å². The maximum absolute atomic E-state index is 13.6. The summed E-state index contributed by atoms with van der Waals surface area (Å²) < 4.78 is 23.7. The Morgan fingerprint density at radius 1 is 1.38 bits per heavy atom. The van der Waals surface area contributed by atoms with E-state index < -0.39 is 0 Å². The molecule has 0 amide bonds. The molecule has 0 aliphatic carbocycles. The lowest BCUT2D eigenvalue weighted by Crippen LogP contribution is -1.97. The molecule has 0 bridgehead atoms. The number of ether oxygens (including phenoxy) is 2. The summed E-state index contributed by atoms with van der Waals surface area (Å²) in [5.74, 6) is 0.158. The van der Waals surface area contributed by atoms with Crippen molar-refractivity contribution < 1.29 is 13.9 Å². The molecule has 0 aliphatic heterocycles. The maximum atomic E-state index is 13.6. The zero-order valence-electron chi connectivity index (χ0n) is 9.50. The van der Waals surface area contributed by atoms with Crippen LogP contribution < -0.4 is 10.5 Å². The van der Waals surface area contributed by atoms with Crippen molar-refractivity contribution in [2.75, 3.05) is 20.8 Å². The Morgan fingerprint density at radius 3 is 2.69 bits per heavy atom. The van der Waals surface area contributed by atoms with Crippen LogP contribution in [0.15, 0.2) is 18.2 Å². The van der Waals surface area contributed by atoms with Crippen molar-refractivity contribution in [3.8, 4) is 5.75 Å². The highest BCUT2D eigenvalue weighted by Crippen LogP contribution is 2.24. The Bertz CT molecular complexity index is 378. The predicted molar refractivity (Wildman–Crippen MR) is 61.8 cm³/mol. The van der Waals surface area contributed by atoms with E-state index in [1.54, 1.807) is 25.3 Å². The smallest absolute Gasteiger partial charge is 0.134 e. The number of rotatable bonds is 5. The van der Waals surface area contributed by atoms with Gasteiger partial charge in [0, 0.05) is 30.8 Å². The van der Waals surface area contributed by atoms with Crippen molar-refractivity contribution in [1.82, 2.24) is 0 Å². The van der Waals surface area contributed by atoms with Crippen LogP contribution in [0, 0.1) is 5.82 Å². The summed E-state index contributed by atoms with van der Waals surface area (Å²) >= 11 is 0. The molecule has 0 saturated carbocycles. The summed E-state index contributed by atoms with van der Waals surface area (Å²) in [6, 6.07) is 3.05. The fourth-order valence-corrected chi connectivity index (χ4v) is 1.40. The molecule has 0 aliphatic rings. The minimum absolute atomic E-state index is 0.332. The van der Waals surface area contributed by atoms with Gasteiger partial charge in [0.15, 0.2) is 0 Å². The zero-order valence-corrected chi connectivity index (χ0v) is 9.50. The molecule has 0 radical (unpaired) electrons. The molecule has 0 fully saturated rings. The van der Waals surface area contributed by atoms with Crippen molar-refractivity contribution in [1.29, 1.82) is 0 Å². The van der Waals surface area contributed by atoms with E-state index in [4.69, 9.17) is 15.2 Å². The first kappa shape index (κ1) is 12.7. The minimum Gasteiger partial charge on any atom is -0.496 e. The molecule has 0 heterocycles. The van der Waals surface area contributed by atoms with Gasteiger partial charge in [0.1, 0.15) is 11.6 Å². The SMILES string of the molecule is COCc1cc(/C=C/CN)c(F)cc1OC. The topological polar surface area (TPSA) is 44.5 Å². The molecule has 16 heavy (non-hydrogen) atoms. The van der Waals surface area contributed by atoms with E-state index in [1.807, 2.05) is 0 Å². The predicted octanol–water partition coefficient (Wildman–Crippen LogP) is 1.95. The lowest BCUT2D eigenvalue weighted by Gasteiger charge is -2.09. The Kier molecular flexibility index (Phi) is 4.95. The molecular formula is C12H16FNO2. The minimum atomic E-state index is -0.332. The molecule has 0 atom stereocenters. The number of methoxy groups -OCH3 is 2. The third-order valence-corrected chi connectivity index (χ3v) is 2.13. The first-order valence-electron chi connectivity index (χ1n) is 4.95. The largest absolute Gasteiger partial charge is 0.496 e. The Labute approximate surface area is 94.7 Å². The van der Waals surface area contributed by atoms with Crippen molar-refractivity contribution in [3.63, 3.8) is 0 Å². The van der Waals surface area contributed by atoms with Crippen molar-refractivity contribution in [3.05, 3.63) is 35.2 Å². The molecule has 1 aromatic carbocycles. The van der Waals surface area contributed by atoms with E-state index in [0.29, 0.717) is 24.5 Å². The van der Waals surface area contributed by atoms with Gasteiger partial charge in [0.2, 0.25) is 0 Å². The lowest BCUT2D eigenvalue weighted by molar-refractivity contribution is 0.181. The summed E-state index contributed by atoms with van der Waals surface area (Å²) in [7, 11) is 3.08. The van der Waals surface area contributed by atoms with Crippen LogP contribution in [-0.4, -0.2) is 20.8 Å². The quantitative estimate of drug-likeness (QED) is 0.833. The number of nitrogens with two attached hydrogens (primary N) is 1. The highest BCUT2D eigenvalue weighted by atomic mass is 19.1. The van der Waals surface area contributed by atoms with Crippen LogP contribution in [0.2, 0.25) is 0 Å². The molecule has 1 rings (SSSR count). The highest BCUT2D eigenvalue weighted by Gasteiger charge is 2.08. The first-order chi connectivity index (χ1) is 7.72. The average Bonchev–Trinajstić information content (AvgIpc) is 2.29. The first-order valence-corrected chi connectivity index (χ1v) is 4.95. The molecule has 0 unspecified atom stereocenters. The fourth-order valence-electron chi connectivity index (χ4n) is 1.40. The van der Waals surface area contributed by atoms with E-state index in [-0.39, 0.29) is 5.82 Å². The zero-order chi connectivity index (χ0) is 12.0. The number of hydrogen-bond acceptors (Lipinski definition) is 3. The summed E-state index contributed by atoms with van der Waals surface area (Å²) in [5, 5.41) is 0. The van der Waals surface area contributed by atoms with Gasteiger partial charge < -0.3 is 15.2 Å². The summed E-state index contributed by atoms with van der Waals surface area (Å²) in [4.78, 5) is 0. The lowest BCUT2D eigenvalue weighted by atomic mass is 10.1. The van der Waals surface area contributed by atoms with Crippen molar-refractivity contribution in [2.24, 2.45) is 5.73 Å². The van der Waals surface area contributed by atoms with Gasteiger partial charge in [-0.05, 0) is 6.07 Å². The van der Waals surface area contributed by atoms with Crippen LogP contribution in [0.25, 0.3) is 6.08 Å². The molecule has 0 spiro atoms. The molecule has 2 N–H and O–H groups in total. The Hall–Kier alpha value is -1.39. The molecule has 1 aromatic rings. The number of benzene rings is 1. The van der Waals surface area contributed by atoms with Gasteiger partial charge in [-0.25, -0.2) is 4.39 Å². The number of halogens is 1. The molecule has 4 heteroatoms. The molecule has 3 nitrogen and oxygen atoms in total. The van der Waals surface area contributed by atoms with Crippen LogP contribution in [0.1, 0.15) is 11.1 Å². The Morgan fingerprint density at radius 2 is 2.12 bits per heavy atom. The number of hydrogen-bond donors (Lipinski definition) is 1. The van der Waals surface area contributed by atoms with Crippen LogP contribution >= 0.6 is 0 Å². The molecule has 0 saturated heterocycles. The maximum Gasteiger partial charge on any atom is 0.134 e. The monoisotopic (exact) mass is 225 g/mol. The van der Waals surface area contributed by atoms with Crippen LogP contribution in [0.4, 0.5) is 4.39 Å². The summed E-state index contributed by atoms with van der Waals surface area (Å²) in [6.07, 6.45) is 3.34. The second-order valence-corrected chi connectivity index (χ2v) is 3.26. The van der Waals surface area contributed by atoms with Gasteiger partial charge in [-0.15, -0.1) is 0 Å². The van der Waals surface area contributed by atoms with Crippen LogP contribution in [0.5, 0.6) is 5.75 Å². The van der Waals surface area contributed by atoms with Gasteiger partial charge in [0.05, 0.1) is 13.7 Å². The van der Waals surface area contributed by atoms with Gasteiger partial charge in [0.25, 0.3) is 0 Å². The van der Waals surface area contributed by atoms with Crippen LogP contribution in [-0.2, 0) is 11.3 Å². The van der Waals surface area contributed by atoms with E-state index in [0.717, 1.165) is 5.56 Å². The van der Waals surface area contributed by atoms with Crippen LogP contribution in [0.3, 0.4) is 0 Å². The van der Waals surface area contributed by atoms with Gasteiger partial charge >= 0.3 is 0 Å². The van der Waals surface area contributed by atoms with Gasteiger partial charge in [-0.3, -0.25) is 0 Å².